The number of hydrogen-bond donors (Lipinski definition) is 1. The third-order valence-electron chi connectivity index (χ3n) is 4.72. The van der Waals surface area contributed by atoms with Crippen molar-refractivity contribution >= 4 is 56.5 Å². The zero-order valence-electron chi connectivity index (χ0n) is 16.6. The standard InChI is InChI=1S/C22H17ClFN3O2S2/c1-12-13(2)31-20-19(12)21(29)27(15-6-4-3-5-7-15)22(26-20)30-11-18(28)25-14-8-9-17(24)16(23)10-14/h3-10H,11H2,1-2H3,(H,25,28). The number of benzene rings is 2. The van der Waals surface area contributed by atoms with Gasteiger partial charge in [0.2, 0.25) is 5.91 Å². The smallest absolute Gasteiger partial charge is 0.267 e. The van der Waals surface area contributed by atoms with Crippen LogP contribution in [0.4, 0.5) is 10.1 Å². The van der Waals surface area contributed by atoms with Crippen LogP contribution >= 0.6 is 34.7 Å². The Kier molecular flexibility index (Phi) is 6.13. The minimum atomic E-state index is -0.556. The fourth-order valence-corrected chi connectivity index (χ4v) is 5.14. The number of fused-ring (bicyclic) bond motifs is 1. The van der Waals surface area contributed by atoms with Crippen molar-refractivity contribution in [3.8, 4) is 5.69 Å². The number of halogens is 2. The number of rotatable bonds is 5. The largest absolute Gasteiger partial charge is 0.325 e. The molecule has 0 aliphatic rings. The Morgan fingerprint density at radius 3 is 2.68 bits per heavy atom. The highest BCUT2D eigenvalue weighted by molar-refractivity contribution is 7.99. The molecule has 0 atom stereocenters. The summed E-state index contributed by atoms with van der Waals surface area (Å²) in [5, 5.41) is 3.64. The SMILES string of the molecule is Cc1sc2nc(SCC(=O)Nc3ccc(F)c(Cl)c3)n(-c3ccccc3)c(=O)c2c1C. The van der Waals surface area contributed by atoms with Gasteiger partial charge in [0, 0.05) is 10.6 Å². The number of nitrogens with zero attached hydrogens (tertiary/aromatic N) is 2. The van der Waals surface area contributed by atoms with E-state index in [4.69, 9.17) is 16.6 Å². The number of carbonyl (C=O) groups is 1. The summed E-state index contributed by atoms with van der Waals surface area (Å²) in [6.45, 7) is 3.88. The molecule has 5 nitrogen and oxygen atoms in total. The predicted molar refractivity (Wildman–Crippen MR) is 125 cm³/mol. The molecule has 0 radical (unpaired) electrons. The number of amides is 1. The van der Waals surface area contributed by atoms with Gasteiger partial charge in [0.05, 0.1) is 21.8 Å². The summed E-state index contributed by atoms with van der Waals surface area (Å²) in [4.78, 5) is 32.2. The van der Waals surface area contributed by atoms with E-state index in [1.165, 1.54) is 34.1 Å². The van der Waals surface area contributed by atoms with Crippen LogP contribution in [0, 0.1) is 19.7 Å². The molecular weight excluding hydrogens is 457 g/mol. The predicted octanol–water partition coefficient (Wildman–Crippen LogP) is 5.59. The summed E-state index contributed by atoms with van der Waals surface area (Å²) in [5.41, 5.74) is 1.83. The highest BCUT2D eigenvalue weighted by Crippen LogP contribution is 2.29. The summed E-state index contributed by atoms with van der Waals surface area (Å²) >= 11 is 8.39. The maximum Gasteiger partial charge on any atom is 0.267 e. The average molecular weight is 474 g/mol. The first-order valence-electron chi connectivity index (χ1n) is 9.31. The van der Waals surface area contributed by atoms with E-state index in [0.29, 0.717) is 26.7 Å². The van der Waals surface area contributed by atoms with Gasteiger partial charge in [-0.1, -0.05) is 41.6 Å². The topological polar surface area (TPSA) is 64.0 Å². The molecule has 4 rings (SSSR count). The Hall–Kier alpha value is -2.68. The van der Waals surface area contributed by atoms with Crippen molar-refractivity contribution in [3.63, 3.8) is 0 Å². The highest BCUT2D eigenvalue weighted by Gasteiger charge is 2.19. The summed E-state index contributed by atoms with van der Waals surface area (Å²) in [6.07, 6.45) is 0. The highest BCUT2D eigenvalue weighted by atomic mass is 35.5. The Morgan fingerprint density at radius 2 is 1.97 bits per heavy atom. The number of aryl methyl sites for hydroxylation is 2. The van der Waals surface area contributed by atoms with Crippen LogP contribution in [0.3, 0.4) is 0 Å². The van der Waals surface area contributed by atoms with E-state index >= 15 is 0 Å². The summed E-state index contributed by atoms with van der Waals surface area (Å²) < 4.78 is 14.9. The number of thiophene rings is 1. The zero-order valence-corrected chi connectivity index (χ0v) is 19.0. The second-order valence-electron chi connectivity index (χ2n) is 6.80. The van der Waals surface area contributed by atoms with Gasteiger partial charge in [0.25, 0.3) is 5.56 Å². The molecule has 2 aromatic heterocycles. The molecule has 1 amide bonds. The summed E-state index contributed by atoms with van der Waals surface area (Å²) in [5.74, 6) is -0.858. The fraction of sp³-hybridized carbons (Fsp3) is 0.136. The third-order valence-corrected chi connectivity index (χ3v) is 7.05. The molecule has 158 valence electrons. The zero-order chi connectivity index (χ0) is 22.1. The molecule has 0 unspecified atom stereocenters. The maximum atomic E-state index is 13.4. The minimum Gasteiger partial charge on any atom is -0.325 e. The van der Waals surface area contributed by atoms with Crippen molar-refractivity contribution < 1.29 is 9.18 Å². The van der Waals surface area contributed by atoms with Crippen molar-refractivity contribution in [3.05, 3.63) is 80.2 Å². The number of carbonyl (C=O) groups excluding carboxylic acids is 1. The van der Waals surface area contributed by atoms with Crippen molar-refractivity contribution in [1.29, 1.82) is 0 Å². The number of para-hydroxylation sites is 1. The second-order valence-corrected chi connectivity index (χ2v) is 9.35. The molecule has 0 bridgehead atoms. The van der Waals surface area contributed by atoms with E-state index in [1.54, 1.807) is 0 Å². The number of nitrogens with one attached hydrogen (secondary N) is 1. The molecule has 1 N–H and O–H groups in total. The van der Waals surface area contributed by atoms with Gasteiger partial charge in [-0.2, -0.15) is 0 Å². The van der Waals surface area contributed by atoms with Gasteiger partial charge in [0.1, 0.15) is 10.6 Å². The van der Waals surface area contributed by atoms with Gasteiger partial charge in [-0.25, -0.2) is 9.37 Å². The van der Waals surface area contributed by atoms with E-state index in [-0.39, 0.29) is 22.2 Å². The van der Waals surface area contributed by atoms with Crippen LogP contribution in [0.5, 0.6) is 0 Å². The molecule has 0 spiro atoms. The van der Waals surface area contributed by atoms with Gasteiger partial charge < -0.3 is 5.32 Å². The normalized spacial score (nSPS) is 11.1. The van der Waals surface area contributed by atoms with Crippen LogP contribution in [0.2, 0.25) is 5.02 Å². The quantitative estimate of drug-likeness (QED) is 0.303. The van der Waals surface area contributed by atoms with Crippen molar-refractivity contribution in [1.82, 2.24) is 9.55 Å². The van der Waals surface area contributed by atoms with Crippen LogP contribution in [-0.2, 0) is 4.79 Å². The lowest BCUT2D eigenvalue weighted by Gasteiger charge is -2.12. The first kappa shape index (κ1) is 21.5. The monoisotopic (exact) mass is 473 g/mol. The number of anilines is 1. The van der Waals surface area contributed by atoms with E-state index in [9.17, 15) is 14.0 Å². The molecular formula is C22H17ClFN3O2S2. The van der Waals surface area contributed by atoms with Crippen LogP contribution in [-0.4, -0.2) is 21.2 Å². The van der Waals surface area contributed by atoms with E-state index < -0.39 is 5.82 Å². The second kappa shape index (κ2) is 8.82. The molecule has 0 saturated heterocycles. The fourth-order valence-electron chi connectivity index (χ4n) is 3.08. The van der Waals surface area contributed by atoms with Crippen molar-refractivity contribution in [2.75, 3.05) is 11.1 Å². The Bertz CT molecular complexity index is 1350. The van der Waals surface area contributed by atoms with Gasteiger partial charge in [-0.3, -0.25) is 14.2 Å². The molecule has 0 fully saturated rings. The van der Waals surface area contributed by atoms with Crippen molar-refractivity contribution in [2.45, 2.75) is 19.0 Å². The lowest BCUT2D eigenvalue weighted by atomic mass is 10.2. The molecule has 2 aromatic carbocycles. The molecule has 4 aromatic rings. The molecule has 0 aliphatic heterocycles. The summed E-state index contributed by atoms with van der Waals surface area (Å²) in [6, 6.07) is 13.2. The van der Waals surface area contributed by atoms with Crippen LogP contribution in [0.1, 0.15) is 10.4 Å². The average Bonchev–Trinajstić information content (AvgIpc) is 3.03. The van der Waals surface area contributed by atoms with E-state index in [2.05, 4.69) is 5.32 Å². The molecule has 0 saturated carbocycles. The molecule has 31 heavy (non-hydrogen) atoms. The molecule has 0 aliphatic carbocycles. The van der Waals surface area contributed by atoms with Crippen LogP contribution < -0.4 is 10.9 Å². The number of hydrogen-bond acceptors (Lipinski definition) is 5. The lowest BCUT2D eigenvalue weighted by molar-refractivity contribution is -0.113. The third kappa shape index (κ3) is 4.37. The molecule has 2 heterocycles. The van der Waals surface area contributed by atoms with Gasteiger partial charge >= 0.3 is 0 Å². The maximum absolute atomic E-state index is 13.4. The number of thioether (sulfide) groups is 1. The lowest BCUT2D eigenvalue weighted by Crippen LogP contribution is -2.22. The van der Waals surface area contributed by atoms with E-state index in [1.807, 2.05) is 44.2 Å². The van der Waals surface area contributed by atoms with Gasteiger partial charge in [0.15, 0.2) is 5.16 Å². The Morgan fingerprint density at radius 1 is 1.23 bits per heavy atom. The van der Waals surface area contributed by atoms with E-state index in [0.717, 1.165) is 22.2 Å². The summed E-state index contributed by atoms with van der Waals surface area (Å²) in [7, 11) is 0. The number of aromatic nitrogens is 2. The Labute approximate surface area is 190 Å². The Balaban J connectivity index is 1.67. The molecule has 9 heteroatoms. The van der Waals surface area contributed by atoms with Crippen LogP contribution in [0.25, 0.3) is 15.9 Å². The first-order chi connectivity index (χ1) is 14.8. The first-order valence-corrected chi connectivity index (χ1v) is 11.5. The van der Waals surface area contributed by atoms with Crippen LogP contribution in [0.15, 0.2) is 58.5 Å². The minimum absolute atomic E-state index is 0.0170. The van der Waals surface area contributed by atoms with Crippen molar-refractivity contribution in [2.24, 2.45) is 0 Å². The van der Waals surface area contributed by atoms with Gasteiger partial charge in [-0.05, 0) is 49.7 Å². The van der Waals surface area contributed by atoms with Gasteiger partial charge in [-0.15, -0.1) is 11.3 Å².